The van der Waals surface area contributed by atoms with Gasteiger partial charge in [-0.3, -0.25) is 10.3 Å². The highest BCUT2D eigenvalue weighted by Crippen LogP contribution is 2.18. The molecule has 1 aliphatic heterocycles. The molecule has 0 saturated carbocycles. The SMILES string of the molecule is O=C(Nc1cncc(Cl)n1)N1CCC[C@@H]1CO. The maximum absolute atomic E-state index is 11.9. The van der Waals surface area contributed by atoms with Crippen molar-refractivity contribution < 1.29 is 9.90 Å². The van der Waals surface area contributed by atoms with E-state index in [1.807, 2.05) is 0 Å². The van der Waals surface area contributed by atoms with Gasteiger partial charge in [0, 0.05) is 6.54 Å². The lowest BCUT2D eigenvalue weighted by atomic mass is 10.2. The Hall–Kier alpha value is -1.40. The number of anilines is 1. The average molecular weight is 257 g/mol. The van der Waals surface area contributed by atoms with Gasteiger partial charge in [0.2, 0.25) is 0 Å². The van der Waals surface area contributed by atoms with Crippen LogP contribution in [0.4, 0.5) is 10.6 Å². The maximum atomic E-state index is 11.9. The number of aliphatic hydroxyl groups excluding tert-OH is 1. The number of aliphatic hydroxyl groups is 1. The fraction of sp³-hybridized carbons (Fsp3) is 0.500. The van der Waals surface area contributed by atoms with Crippen molar-refractivity contribution >= 4 is 23.4 Å². The molecule has 2 rings (SSSR count). The summed E-state index contributed by atoms with van der Waals surface area (Å²) in [5.41, 5.74) is 0. The summed E-state index contributed by atoms with van der Waals surface area (Å²) in [6.07, 6.45) is 4.54. The van der Waals surface area contributed by atoms with Crippen LogP contribution in [0.15, 0.2) is 12.4 Å². The van der Waals surface area contributed by atoms with Crippen LogP contribution in [0.25, 0.3) is 0 Å². The highest BCUT2D eigenvalue weighted by Gasteiger charge is 2.28. The summed E-state index contributed by atoms with van der Waals surface area (Å²) in [5, 5.41) is 12.0. The molecule has 1 saturated heterocycles. The summed E-state index contributed by atoms with van der Waals surface area (Å²) in [5.74, 6) is 0.311. The Labute approximate surface area is 104 Å². The van der Waals surface area contributed by atoms with E-state index in [4.69, 9.17) is 16.7 Å². The van der Waals surface area contributed by atoms with Gasteiger partial charge in [-0.15, -0.1) is 0 Å². The number of amides is 2. The third-order valence-electron chi connectivity index (χ3n) is 2.69. The Morgan fingerprint density at radius 2 is 2.47 bits per heavy atom. The minimum atomic E-state index is -0.280. The third kappa shape index (κ3) is 2.83. The van der Waals surface area contributed by atoms with Gasteiger partial charge in [-0.05, 0) is 12.8 Å². The monoisotopic (exact) mass is 256 g/mol. The predicted octanol–water partition coefficient (Wildman–Crippen LogP) is 1.12. The van der Waals surface area contributed by atoms with Gasteiger partial charge in [-0.2, -0.15) is 0 Å². The second-order valence-electron chi connectivity index (χ2n) is 3.83. The molecule has 0 radical (unpaired) electrons. The fourth-order valence-electron chi connectivity index (χ4n) is 1.88. The molecule has 1 atom stereocenters. The summed E-state index contributed by atoms with van der Waals surface area (Å²) >= 11 is 5.67. The van der Waals surface area contributed by atoms with Gasteiger partial charge in [0.15, 0.2) is 5.82 Å². The Bertz CT molecular complexity index is 415. The van der Waals surface area contributed by atoms with E-state index in [2.05, 4.69) is 15.3 Å². The Morgan fingerprint density at radius 3 is 3.18 bits per heavy atom. The molecule has 0 aliphatic carbocycles. The number of carbonyl (C=O) groups excluding carboxylic acids is 1. The number of nitrogens with zero attached hydrogens (tertiary/aromatic N) is 3. The van der Waals surface area contributed by atoms with Gasteiger partial charge in [0.1, 0.15) is 5.15 Å². The summed E-state index contributed by atoms with van der Waals surface area (Å²) < 4.78 is 0. The van der Waals surface area contributed by atoms with E-state index < -0.39 is 0 Å². The first-order chi connectivity index (χ1) is 8.20. The molecule has 2 heterocycles. The van der Waals surface area contributed by atoms with Gasteiger partial charge in [-0.1, -0.05) is 11.6 Å². The standard InChI is InChI=1S/C10H13ClN4O2/c11-8-4-12-5-9(13-8)14-10(17)15-3-1-2-7(15)6-16/h4-5,7,16H,1-3,6H2,(H,13,14,17)/t7-/m1/s1. The molecule has 6 nitrogen and oxygen atoms in total. The third-order valence-corrected chi connectivity index (χ3v) is 2.87. The average Bonchev–Trinajstić information content (AvgIpc) is 2.77. The molecule has 2 amide bonds. The van der Waals surface area contributed by atoms with Crippen molar-refractivity contribution in [3.05, 3.63) is 17.5 Å². The lowest BCUT2D eigenvalue weighted by molar-refractivity contribution is 0.166. The van der Waals surface area contributed by atoms with E-state index in [1.165, 1.54) is 12.4 Å². The number of rotatable bonds is 2. The highest BCUT2D eigenvalue weighted by atomic mass is 35.5. The van der Waals surface area contributed by atoms with Gasteiger partial charge < -0.3 is 10.0 Å². The number of hydrogen-bond acceptors (Lipinski definition) is 4. The van der Waals surface area contributed by atoms with Crippen LogP contribution >= 0.6 is 11.6 Å². The van der Waals surface area contributed by atoms with Crippen molar-refractivity contribution in [1.29, 1.82) is 0 Å². The molecule has 1 aliphatic rings. The fourth-order valence-corrected chi connectivity index (χ4v) is 2.02. The van der Waals surface area contributed by atoms with E-state index in [1.54, 1.807) is 4.90 Å². The maximum Gasteiger partial charge on any atom is 0.323 e. The largest absolute Gasteiger partial charge is 0.394 e. The number of halogens is 1. The number of hydrogen-bond donors (Lipinski definition) is 2. The molecule has 0 aromatic carbocycles. The quantitative estimate of drug-likeness (QED) is 0.831. The molecular formula is C10H13ClN4O2. The number of urea groups is 1. The van der Waals surface area contributed by atoms with E-state index in [0.29, 0.717) is 12.4 Å². The molecule has 92 valence electrons. The van der Waals surface area contributed by atoms with Gasteiger partial charge in [0.25, 0.3) is 0 Å². The van der Waals surface area contributed by atoms with Crippen molar-refractivity contribution in [3.63, 3.8) is 0 Å². The minimum Gasteiger partial charge on any atom is -0.394 e. The van der Waals surface area contributed by atoms with E-state index in [-0.39, 0.29) is 23.8 Å². The van der Waals surface area contributed by atoms with E-state index in [9.17, 15) is 4.79 Å². The molecule has 0 bridgehead atoms. The molecule has 17 heavy (non-hydrogen) atoms. The second-order valence-corrected chi connectivity index (χ2v) is 4.22. The molecule has 0 unspecified atom stereocenters. The number of carbonyl (C=O) groups is 1. The summed E-state index contributed by atoms with van der Waals surface area (Å²) in [6.45, 7) is 0.625. The summed E-state index contributed by atoms with van der Waals surface area (Å²) in [6, 6.07) is -0.389. The predicted molar refractivity (Wildman–Crippen MR) is 62.9 cm³/mol. The Balaban J connectivity index is 2.01. The van der Waals surface area contributed by atoms with Crippen LogP contribution in [0.1, 0.15) is 12.8 Å². The minimum absolute atomic E-state index is 0.0192. The smallest absolute Gasteiger partial charge is 0.323 e. The van der Waals surface area contributed by atoms with Gasteiger partial charge in [-0.25, -0.2) is 9.78 Å². The topological polar surface area (TPSA) is 78.4 Å². The molecular weight excluding hydrogens is 244 g/mol. The summed E-state index contributed by atoms with van der Waals surface area (Å²) in [7, 11) is 0. The van der Waals surface area contributed by atoms with Crippen molar-refractivity contribution in [2.24, 2.45) is 0 Å². The van der Waals surface area contributed by atoms with Crippen molar-refractivity contribution in [2.75, 3.05) is 18.5 Å². The summed E-state index contributed by atoms with van der Waals surface area (Å²) in [4.78, 5) is 21.2. The van der Waals surface area contributed by atoms with Gasteiger partial charge >= 0.3 is 6.03 Å². The zero-order chi connectivity index (χ0) is 12.3. The number of likely N-dealkylation sites (tertiary alicyclic amines) is 1. The molecule has 1 aromatic heterocycles. The molecule has 0 spiro atoms. The molecule has 7 heteroatoms. The first-order valence-electron chi connectivity index (χ1n) is 5.36. The van der Waals surface area contributed by atoms with Crippen LogP contribution in [0, 0.1) is 0 Å². The van der Waals surface area contributed by atoms with Crippen LogP contribution in [0.2, 0.25) is 5.15 Å². The van der Waals surface area contributed by atoms with E-state index in [0.717, 1.165) is 12.8 Å². The first kappa shape index (κ1) is 12.1. The van der Waals surface area contributed by atoms with Crippen molar-refractivity contribution in [1.82, 2.24) is 14.9 Å². The number of nitrogens with one attached hydrogen (secondary N) is 1. The zero-order valence-electron chi connectivity index (χ0n) is 9.14. The van der Waals surface area contributed by atoms with Crippen LogP contribution in [-0.2, 0) is 0 Å². The lowest BCUT2D eigenvalue weighted by Gasteiger charge is -2.22. The molecule has 1 aromatic rings. The second kappa shape index (κ2) is 5.29. The Kier molecular flexibility index (Phi) is 3.75. The van der Waals surface area contributed by atoms with E-state index >= 15 is 0 Å². The molecule has 2 N–H and O–H groups in total. The first-order valence-corrected chi connectivity index (χ1v) is 5.74. The van der Waals surface area contributed by atoms with Crippen molar-refractivity contribution in [3.8, 4) is 0 Å². The highest BCUT2D eigenvalue weighted by molar-refractivity contribution is 6.29. The lowest BCUT2D eigenvalue weighted by Crippen LogP contribution is -2.40. The van der Waals surface area contributed by atoms with Gasteiger partial charge in [0.05, 0.1) is 25.0 Å². The number of aromatic nitrogens is 2. The molecule has 1 fully saturated rings. The van der Waals surface area contributed by atoms with Crippen LogP contribution in [-0.4, -0.2) is 45.2 Å². The Morgan fingerprint density at radius 1 is 1.65 bits per heavy atom. The van der Waals surface area contributed by atoms with Crippen LogP contribution < -0.4 is 5.32 Å². The van der Waals surface area contributed by atoms with Crippen LogP contribution in [0.3, 0.4) is 0 Å². The van der Waals surface area contributed by atoms with Crippen molar-refractivity contribution in [2.45, 2.75) is 18.9 Å². The van der Waals surface area contributed by atoms with Crippen LogP contribution in [0.5, 0.6) is 0 Å². The normalized spacial score (nSPS) is 19.4. The zero-order valence-corrected chi connectivity index (χ0v) is 9.89.